The second-order valence-corrected chi connectivity index (χ2v) is 5.90. The summed E-state index contributed by atoms with van der Waals surface area (Å²) in [6.07, 6.45) is 0. The van der Waals surface area contributed by atoms with Crippen molar-refractivity contribution in [2.75, 3.05) is 0 Å². The second-order valence-electron chi connectivity index (χ2n) is 5.54. The van der Waals surface area contributed by atoms with Gasteiger partial charge in [0, 0.05) is 6.54 Å². The maximum atomic E-state index is 12.2. The van der Waals surface area contributed by atoms with Crippen molar-refractivity contribution in [3.8, 4) is 0 Å². The normalized spacial score (nSPS) is 10.6. The highest BCUT2D eigenvalue weighted by Gasteiger charge is 2.18. The average Bonchev–Trinajstić information content (AvgIpc) is 2.96. The summed E-state index contributed by atoms with van der Waals surface area (Å²) in [5.41, 5.74) is 3.38. The molecule has 1 N–H and O–H groups in total. The number of nitrogens with zero attached hydrogens (tertiary/aromatic N) is 3. The van der Waals surface area contributed by atoms with Gasteiger partial charge in [-0.1, -0.05) is 77.0 Å². The number of amides is 1. The molecule has 3 rings (SSSR count). The molecule has 1 amide bonds. The van der Waals surface area contributed by atoms with E-state index in [0.29, 0.717) is 13.1 Å². The Bertz CT molecular complexity index is 828. The number of aryl methyl sites for hydroxylation is 1. The lowest BCUT2D eigenvalue weighted by molar-refractivity contribution is 0.0946. The van der Waals surface area contributed by atoms with Crippen LogP contribution in [-0.2, 0) is 13.1 Å². The molecule has 1 aromatic heterocycles. The Labute approximate surface area is 145 Å². The smallest absolute Gasteiger partial charge is 0.275 e. The van der Waals surface area contributed by atoms with Crippen LogP contribution in [0.1, 0.15) is 27.2 Å². The Morgan fingerprint density at radius 1 is 1.08 bits per heavy atom. The zero-order valence-corrected chi connectivity index (χ0v) is 14.0. The quantitative estimate of drug-likeness (QED) is 0.775. The molecule has 1 heterocycles. The van der Waals surface area contributed by atoms with E-state index in [0.717, 1.165) is 11.1 Å². The molecule has 2 aromatic carbocycles. The van der Waals surface area contributed by atoms with Crippen molar-refractivity contribution in [2.24, 2.45) is 0 Å². The van der Waals surface area contributed by atoms with E-state index in [4.69, 9.17) is 11.6 Å². The third-order valence-electron chi connectivity index (χ3n) is 3.64. The first-order chi connectivity index (χ1) is 11.6. The van der Waals surface area contributed by atoms with E-state index in [-0.39, 0.29) is 16.8 Å². The molecule has 0 spiro atoms. The molecule has 122 valence electrons. The van der Waals surface area contributed by atoms with Crippen LogP contribution in [0, 0.1) is 6.92 Å². The Hall–Kier alpha value is -2.66. The maximum absolute atomic E-state index is 12.2. The van der Waals surface area contributed by atoms with Gasteiger partial charge in [-0.3, -0.25) is 4.79 Å². The Morgan fingerprint density at radius 3 is 2.50 bits per heavy atom. The first-order valence-corrected chi connectivity index (χ1v) is 7.98. The predicted octanol–water partition coefficient (Wildman–Crippen LogP) is 3.22. The molecule has 3 aromatic rings. The van der Waals surface area contributed by atoms with Gasteiger partial charge in [0.15, 0.2) is 10.8 Å². The van der Waals surface area contributed by atoms with Crippen LogP contribution in [-0.4, -0.2) is 20.9 Å². The monoisotopic (exact) mass is 340 g/mol. The molecular formula is C18H17ClN4O. The fourth-order valence-corrected chi connectivity index (χ4v) is 2.49. The summed E-state index contributed by atoms with van der Waals surface area (Å²) in [6.45, 7) is 2.92. The molecule has 24 heavy (non-hydrogen) atoms. The van der Waals surface area contributed by atoms with Crippen molar-refractivity contribution in [3.63, 3.8) is 0 Å². The number of rotatable bonds is 5. The van der Waals surface area contributed by atoms with Gasteiger partial charge < -0.3 is 5.32 Å². The number of carbonyl (C=O) groups is 1. The van der Waals surface area contributed by atoms with Gasteiger partial charge in [0.1, 0.15) is 0 Å². The van der Waals surface area contributed by atoms with E-state index in [1.54, 1.807) is 0 Å². The highest BCUT2D eigenvalue weighted by Crippen LogP contribution is 2.15. The molecular weight excluding hydrogens is 324 g/mol. The van der Waals surface area contributed by atoms with Crippen LogP contribution in [0.5, 0.6) is 0 Å². The fourth-order valence-electron chi connectivity index (χ4n) is 2.27. The molecule has 6 heteroatoms. The van der Waals surface area contributed by atoms with Crippen LogP contribution in [0.25, 0.3) is 0 Å². The van der Waals surface area contributed by atoms with Crippen molar-refractivity contribution < 1.29 is 4.79 Å². The number of carbonyl (C=O) groups excluding carboxylic acids is 1. The second kappa shape index (κ2) is 7.27. The molecule has 0 saturated heterocycles. The van der Waals surface area contributed by atoms with Gasteiger partial charge in [0.05, 0.1) is 6.54 Å². The molecule has 0 bridgehead atoms. The zero-order valence-electron chi connectivity index (χ0n) is 13.2. The van der Waals surface area contributed by atoms with Gasteiger partial charge in [-0.25, -0.2) is 4.68 Å². The van der Waals surface area contributed by atoms with Gasteiger partial charge in [-0.05, 0) is 18.1 Å². The van der Waals surface area contributed by atoms with E-state index in [1.807, 2.05) is 61.5 Å². The van der Waals surface area contributed by atoms with Gasteiger partial charge >= 0.3 is 0 Å². The van der Waals surface area contributed by atoms with Crippen LogP contribution in [0.3, 0.4) is 0 Å². The number of hydrogen-bond donors (Lipinski definition) is 1. The molecule has 0 aliphatic carbocycles. The van der Waals surface area contributed by atoms with Crippen molar-refractivity contribution in [2.45, 2.75) is 20.0 Å². The lowest BCUT2D eigenvalue weighted by Crippen LogP contribution is -2.23. The van der Waals surface area contributed by atoms with Gasteiger partial charge in [0.2, 0.25) is 0 Å². The Balaban J connectivity index is 1.67. The number of nitrogens with one attached hydrogen (secondary N) is 1. The van der Waals surface area contributed by atoms with Crippen molar-refractivity contribution >= 4 is 17.5 Å². The third kappa shape index (κ3) is 3.81. The summed E-state index contributed by atoms with van der Waals surface area (Å²) < 4.78 is 1.52. The molecule has 0 aliphatic rings. The minimum Gasteiger partial charge on any atom is -0.346 e. The lowest BCUT2D eigenvalue weighted by atomic mass is 10.1. The SMILES string of the molecule is Cc1ccc(Cn2nnc(C(=O)NCc3ccccc3)c2Cl)cc1. The standard InChI is InChI=1S/C18H17ClN4O/c1-13-7-9-15(10-8-13)12-23-17(19)16(21-22-23)18(24)20-11-14-5-3-2-4-6-14/h2-10H,11-12H2,1H3,(H,20,24). The zero-order chi connectivity index (χ0) is 16.9. The first kappa shape index (κ1) is 16.2. The van der Waals surface area contributed by atoms with Gasteiger partial charge in [0.25, 0.3) is 5.91 Å². The van der Waals surface area contributed by atoms with E-state index in [9.17, 15) is 4.79 Å². The van der Waals surface area contributed by atoms with Crippen LogP contribution in [0.2, 0.25) is 5.15 Å². The minimum atomic E-state index is -0.334. The summed E-state index contributed by atoms with van der Waals surface area (Å²) in [5, 5.41) is 10.9. The highest BCUT2D eigenvalue weighted by atomic mass is 35.5. The van der Waals surface area contributed by atoms with Gasteiger partial charge in [-0.15, -0.1) is 5.10 Å². The number of aromatic nitrogens is 3. The van der Waals surface area contributed by atoms with E-state index in [2.05, 4.69) is 15.6 Å². The largest absolute Gasteiger partial charge is 0.346 e. The molecule has 0 aliphatic heterocycles. The summed E-state index contributed by atoms with van der Waals surface area (Å²) in [4.78, 5) is 12.2. The molecule has 0 saturated carbocycles. The summed E-state index contributed by atoms with van der Waals surface area (Å²) in [7, 11) is 0. The van der Waals surface area contributed by atoms with E-state index < -0.39 is 0 Å². The van der Waals surface area contributed by atoms with Crippen LogP contribution < -0.4 is 5.32 Å². The van der Waals surface area contributed by atoms with Crippen LogP contribution in [0.15, 0.2) is 54.6 Å². The number of halogens is 1. The highest BCUT2D eigenvalue weighted by molar-refractivity contribution is 6.32. The van der Waals surface area contributed by atoms with E-state index in [1.165, 1.54) is 10.2 Å². The van der Waals surface area contributed by atoms with Crippen molar-refractivity contribution in [1.29, 1.82) is 0 Å². The Kier molecular flexibility index (Phi) is 4.91. The topological polar surface area (TPSA) is 59.8 Å². The fraction of sp³-hybridized carbons (Fsp3) is 0.167. The molecule has 0 radical (unpaired) electrons. The van der Waals surface area contributed by atoms with Crippen molar-refractivity contribution in [3.05, 3.63) is 82.1 Å². The summed E-state index contributed by atoms with van der Waals surface area (Å²) in [5.74, 6) is -0.334. The summed E-state index contributed by atoms with van der Waals surface area (Å²) in [6, 6.07) is 17.7. The van der Waals surface area contributed by atoms with Crippen molar-refractivity contribution in [1.82, 2.24) is 20.3 Å². The number of hydrogen-bond acceptors (Lipinski definition) is 3. The third-order valence-corrected chi connectivity index (χ3v) is 4.01. The average molecular weight is 341 g/mol. The predicted molar refractivity (Wildman–Crippen MR) is 92.9 cm³/mol. The minimum absolute atomic E-state index is 0.139. The van der Waals surface area contributed by atoms with Crippen LogP contribution in [0.4, 0.5) is 0 Å². The number of benzene rings is 2. The first-order valence-electron chi connectivity index (χ1n) is 7.60. The molecule has 0 atom stereocenters. The lowest BCUT2D eigenvalue weighted by Gasteiger charge is -2.05. The molecule has 5 nitrogen and oxygen atoms in total. The van der Waals surface area contributed by atoms with E-state index >= 15 is 0 Å². The molecule has 0 unspecified atom stereocenters. The maximum Gasteiger partial charge on any atom is 0.275 e. The molecule has 0 fully saturated rings. The summed E-state index contributed by atoms with van der Waals surface area (Å²) >= 11 is 6.26. The van der Waals surface area contributed by atoms with Crippen LogP contribution >= 0.6 is 11.6 Å². The Morgan fingerprint density at radius 2 is 1.79 bits per heavy atom. The van der Waals surface area contributed by atoms with Gasteiger partial charge in [-0.2, -0.15) is 0 Å².